The van der Waals surface area contributed by atoms with E-state index in [2.05, 4.69) is 16.5 Å². The number of nitrogens with zero attached hydrogens (tertiary/aromatic N) is 2. The zero-order chi connectivity index (χ0) is 9.10. The van der Waals surface area contributed by atoms with Gasteiger partial charge in [0.15, 0.2) is 0 Å². The second-order valence-electron chi connectivity index (χ2n) is 3.43. The molecular formula is C10H16N2O. The molecule has 13 heavy (non-hydrogen) atoms. The number of ether oxygens (including phenoxy) is 1. The molecule has 1 aromatic heterocycles. The van der Waals surface area contributed by atoms with E-state index in [9.17, 15) is 0 Å². The maximum absolute atomic E-state index is 5.69. The topological polar surface area (TPSA) is 27.1 Å². The molecule has 2 heterocycles. The average molecular weight is 180 g/mol. The highest BCUT2D eigenvalue weighted by atomic mass is 16.5. The summed E-state index contributed by atoms with van der Waals surface area (Å²) in [7, 11) is 0. The van der Waals surface area contributed by atoms with Gasteiger partial charge in [-0.15, -0.1) is 0 Å². The van der Waals surface area contributed by atoms with E-state index in [4.69, 9.17) is 4.74 Å². The van der Waals surface area contributed by atoms with Crippen molar-refractivity contribution in [1.29, 1.82) is 0 Å². The van der Waals surface area contributed by atoms with Crippen LogP contribution in [0.5, 0.6) is 0 Å². The van der Waals surface area contributed by atoms with Crippen LogP contribution < -0.4 is 0 Å². The van der Waals surface area contributed by atoms with Gasteiger partial charge in [0.25, 0.3) is 0 Å². The van der Waals surface area contributed by atoms with Gasteiger partial charge in [0.2, 0.25) is 0 Å². The lowest BCUT2D eigenvalue weighted by atomic mass is 10.2. The summed E-state index contributed by atoms with van der Waals surface area (Å²) in [4.78, 5) is 4.29. The summed E-state index contributed by atoms with van der Waals surface area (Å²) in [5, 5.41) is 0. The van der Waals surface area contributed by atoms with Gasteiger partial charge in [0.05, 0.1) is 0 Å². The molecule has 0 aromatic carbocycles. The Labute approximate surface area is 78.7 Å². The molecule has 1 aliphatic heterocycles. The lowest BCUT2D eigenvalue weighted by Gasteiger charge is -2.24. The van der Waals surface area contributed by atoms with Crippen LogP contribution in [-0.2, 0) is 11.2 Å². The number of imidazole rings is 1. The van der Waals surface area contributed by atoms with Crippen LogP contribution in [0.1, 0.15) is 38.2 Å². The van der Waals surface area contributed by atoms with E-state index in [1.807, 2.05) is 12.4 Å². The molecule has 72 valence electrons. The molecule has 1 aromatic rings. The monoisotopic (exact) mass is 180 g/mol. The molecule has 0 amide bonds. The zero-order valence-corrected chi connectivity index (χ0v) is 8.07. The summed E-state index contributed by atoms with van der Waals surface area (Å²) in [6.45, 7) is 3.02. The first-order chi connectivity index (χ1) is 6.42. The van der Waals surface area contributed by atoms with E-state index in [0.29, 0.717) is 0 Å². The van der Waals surface area contributed by atoms with Crippen molar-refractivity contribution in [1.82, 2.24) is 9.55 Å². The van der Waals surface area contributed by atoms with Gasteiger partial charge in [-0.05, 0) is 19.3 Å². The molecule has 0 N–H and O–H groups in total. The molecule has 0 spiro atoms. The Kier molecular flexibility index (Phi) is 2.64. The minimum absolute atomic E-state index is 0.242. The second-order valence-corrected chi connectivity index (χ2v) is 3.43. The first kappa shape index (κ1) is 8.75. The van der Waals surface area contributed by atoms with E-state index >= 15 is 0 Å². The third kappa shape index (κ3) is 1.75. The number of aryl methyl sites for hydroxylation is 1. The number of rotatable bonds is 2. The van der Waals surface area contributed by atoms with Crippen LogP contribution in [0.15, 0.2) is 12.4 Å². The van der Waals surface area contributed by atoms with Crippen molar-refractivity contribution in [2.45, 2.75) is 38.8 Å². The molecular weight excluding hydrogens is 164 g/mol. The van der Waals surface area contributed by atoms with Crippen molar-refractivity contribution in [3.8, 4) is 0 Å². The smallest absolute Gasteiger partial charge is 0.135 e. The van der Waals surface area contributed by atoms with Crippen LogP contribution in [-0.4, -0.2) is 16.2 Å². The van der Waals surface area contributed by atoms with Crippen molar-refractivity contribution in [3.63, 3.8) is 0 Å². The minimum Gasteiger partial charge on any atom is -0.358 e. The Hall–Kier alpha value is -0.830. The van der Waals surface area contributed by atoms with Gasteiger partial charge in [0.1, 0.15) is 12.1 Å². The SMILES string of the molecule is CCc1nccn1C1CCCCO1. The molecule has 0 bridgehead atoms. The van der Waals surface area contributed by atoms with Crippen molar-refractivity contribution in [3.05, 3.63) is 18.2 Å². The summed E-state index contributed by atoms with van der Waals surface area (Å²) in [6.07, 6.45) is 8.70. The number of aromatic nitrogens is 2. The molecule has 1 unspecified atom stereocenters. The molecule has 1 fully saturated rings. The van der Waals surface area contributed by atoms with Crippen LogP contribution in [0.3, 0.4) is 0 Å². The van der Waals surface area contributed by atoms with Crippen molar-refractivity contribution in [2.75, 3.05) is 6.61 Å². The fourth-order valence-corrected chi connectivity index (χ4v) is 1.82. The van der Waals surface area contributed by atoms with Gasteiger partial charge in [-0.3, -0.25) is 0 Å². The van der Waals surface area contributed by atoms with Crippen molar-refractivity contribution in [2.24, 2.45) is 0 Å². The Morgan fingerprint density at radius 1 is 1.62 bits per heavy atom. The van der Waals surface area contributed by atoms with Gasteiger partial charge in [-0.25, -0.2) is 4.98 Å². The van der Waals surface area contributed by atoms with Gasteiger partial charge >= 0.3 is 0 Å². The average Bonchev–Trinajstić information content (AvgIpc) is 2.67. The van der Waals surface area contributed by atoms with Crippen LogP contribution in [0.2, 0.25) is 0 Å². The highest BCUT2D eigenvalue weighted by molar-refractivity contribution is 4.93. The first-order valence-corrected chi connectivity index (χ1v) is 5.05. The highest BCUT2D eigenvalue weighted by Crippen LogP contribution is 2.23. The Morgan fingerprint density at radius 2 is 2.54 bits per heavy atom. The summed E-state index contributed by atoms with van der Waals surface area (Å²) < 4.78 is 7.85. The molecule has 0 aliphatic carbocycles. The van der Waals surface area contributed by atoms with Crippen LogP contribution in [0.4, 0.5) is 0 Å². The second kappa shape index (κ2) is 3.92. The standard InChI is InChI=1S/C10H16N2O/c1-2-9-11-6-7-12(9)10-5-3-4-8-13-10/h6-7,10H,2-5,8H2,1H3. The first-order valence-electron chi connectivity index (χ1n) is 5.05. The normalized spacial score (nSPS) is 23.3. The number of hydrogen-bond donors (Lipinski definition) is 0. The van der Waals surface area contributed by atoms with Gasteiger partial charge < -0.3 is 9.30 Å². The minimum atomic E-state index is 0.242. The van der Waals surface area contributed by atoms with E-state index in [-0.39, 0.29) is 6.23 Å². The predicted molar refractivity (Wildman–Crippen MR) is 50.4 cm³/mol. The lowest BCUT2D eigenvalue weighted by Crippen LogP contribution is -2.19. The largest absolute Gasteiger partial charge is 0.358 e. The molecule has 1 saturated heterocycles. The van der Waals surface area contributed by atoms with E-state index in [1.54, 1.807) is 0 Å². The fraction of sp³-hybridized carbons (Fsp3) is 0.700. The summed E-state index contributed by atoms with van der Waals surface area (Å²) in [5.74, 6) is 1.13. The Balaban J connectivity index is 2.13. The molecule has 1 atom stereocenters. The van der Waals surface area contributed by atoms with E-state index in [1.165, 1.54) is 12.8 Å². The maximum atomic E-state index is 5.69. The molecule has 0 saturated carbocycles. The summed E-state index contributed by atoms with van der Waals surface area (Å²) in [6, 6.07) is 0. The zero-order valence-electron chi connectivity index (χ0n) is 8.07. The summed E-state index contributed by atoms with van der Waals surface area (Å²) >= 11 is 0. The van der Waals surface area contributed by atoms with Crippen LogP contribution in [0.25, 0.3) is 0 Å². The molecule has 3 nitrogen and oxygen atoms in total. The molecule has 3 heteroatoms. The third-order valence-corrected chi connectivity index (χ3v) is 2.53. The van der Waals surface area contributed by atoms with Crippen molar-refractivity contribution >= 4 is 0 Å². The molecule has 0 radical (unpaired) electrons. The number of hydrogen-bond acceptors (Lipinski definition) is 2. The summed E-state index contributed by atoms with van der Waals surface area (Å²) in [5.41, 5.74) is 0. The van der Waals surface area contributed by atoms with E-state index in [0.717, 1.165) is 25.3 Å². The lowest BCUT2D eigenvalue weighted by molar-refractivity contribution is -0.0335. The van der Waals surface area contributed by atoms with Gasteiger partial charge in [-0.2, -0.15) is 0 Å². The third-order valence-electron chi connectivity index (χ3n) is 2.53. The van der Waals surface area contributed by atoms with E-state index < -0.39 is 0 Å². The molecule has 2 rings (SSSR count). The van der Waals surface area contributed by atoms with Crippen molar-refractivity contribution < 1.29 is 4.74 Å². The van der Waals surface area contributed by atoms with Crippen LogP contribution >= 0.6 is 0 Å². The van der Waals surface area contributed by atoms with Crippen LogP contribution in [0, 0.1) is 0 Å². The quantitative estimate of drug-likeness (QED) is 0.697. The van der Waals surface area contributed by atoms with Gasteiger partial charge in [0, 0.05) is 25.4 Å². The van der Waals surface area contributed by atoms with Gasteiger partial charge in [-0.1, -0.05) is 6.92 Å². The Bertz CT molecular complexity index is 264. The predicted octanol–water partition coefficient (Wildman–Crippen LogP) is 2.14. The fourth-order valence-electron chi connectivity index (χ4n) is 1.82. The maximum Gasteiger partial charge on any atom is 0.135 e. The highest BCUT2D eigenvalue weighted by Gasteiger charge is 2.16. The molecule has 1 aliphatic rings. The Morgan fingerprint density at radius 3 is 3.23 bits per heavy atom.